The topological polar surface area (TPSA) is 244 Å². The van der Waals surface area contributed by atoms with E-state index in [0.29, 0.717) is 262 Å². The minimum absolute atomic E-state index is 0.00290. The third kappa shape index (κ3) is 51.1. The van der Waals surface area contributed by atoms with Crippen LogP contribution in [0.4, 0.5) is 0 Å². The molecular weight excluding hydrogens is 975 g/mol. The van der Waals surface area contributed by atoms with Crippen LogP contribution in [0.25, 0.3) is 0 Å². The van der Waals surface area contributed by atoms with Crippen molar-refractivity contribution < 1.29 is 94.9 Å². The molecular formula is C51H93N3O20. The minimum atomic E-state index is -0.107. The summed E-state index contributed by atoms with van der Waals surface area (Å²) in [4.78, 5) is 35.8. The van der Waals surface area contributed by atoms with Gasteiger partial charge in [-0.3, -0.25) is 14.4 Å². The number of hydrogen-bond acceptors (Lipinski definition) is 20. The van der Waals surface area contributed by atoms with E-state index in [0.717, 1.165) is 5.56 Å². The van der Waals surface area contributed by atoms with E-state index in [1.165, 1.54) is 0 Å². The van der Waals surface area contributed by atoms with Crippen LogP contribution in [0.5, 0.6) is 0 Å². The van der Waals surface area contributed by atoms with E-state index in [4.69, 9.17) is 80.5 Å². The highest BCUT2D eigenvalue weighted by Gasteiger charge is 2.06. The Balaban J connectivity index is 1.65. The molecule has 74 heavy (non-hydrogen) atoms. The van der Waals surface area contributed by atoms with E-state index >= 15 is 0 Å². The fraction of sp³-hybridized carbons (Fsp3) is 0.824. The smallest absolute Gasteiger partial charge is 0.251 e. The zero-order chi connectivity index (χ0) is 53.1. The molecule has 1 aromatic carbocycles. The molecule has 0 aromatic heterocycles. The first-order valence-corrected chi connectivity index (χ1v) is 26.1. The van der Waals surface area contributed by atoms with Gasteiger partial charge in [0.05, 0.1) is 192 Å². The van der Waals surface area contributed by atoms with Crippen LogP contribution in [0.15, 0.2) is 24.3 Å². The summed E-state index contributed by atoms with van der Waals surface area (Å²) in [7, 11) is 3.26. The van der Waals surface area contributed by atoms with Crippen molar-refractivity contribution >= 4 is 17.7 Å². The van der Waals surface area contributed by atoms with Crippen LogP contribution in [0.1, 0.15) is 48.0 Å². The normalized spacial score (nSPS) is 11.4. The lowest BCUT2D eigenvalue weighted by Gasteiger charge is -2.09. The van der Waals surface area contributed by atoms with Crippen molar-refractivity contribution in [1.82, 2.24) is 16.0 Å². The van der Waals surface area contributed by atoms with Gasteiger partial charge in [-0.1, -0.05) is 12.1 Å². The largest absolute Gasteiger partial charge is 0.385 e. The molecule has 0 aliphatic heterocycles. The molecule has 0 saturated heterocycles. The molecule has 3 amide bonds. The molecule has 0 bridgehead atoms. The van der Waals surface area contributed by atoms with Crippen LogP contribution in [0.3, 0.4) is 0 Å². The number of ether oxygens (including phenoxy) is 17. The first-order valence-electron chi connectivity index (χ1n) is 26.1. The highest BCUT2D eigenvalue weighted by molar-refractivity contribution is 5.94. The second kappa shape index (κ2) is 57.7. The second-order valence-electron chi connectivity index (χ2n) is 15.8. The standard InChI is InChI=1S/C51H93N3O20/c1-58-15-3-6-49(55)53-14-19-63-23-27-66-29-31-68-33-35-70-37-39-72-41-43-74-45-44-73-42-40-71-38-36-69-34-32-67-30-28-65-26-22-62-18-11-50(56)52-12-4-16-60-20-24-64-25-21-61-17-5-13-54-51(57)48-9-7-47(8-10-48)46-59-2/h7-10H,3-6,11-46H2,1-2H3,(H,52,56)(H,53,55)(H,54,57). The number of amides is 3. The molecule has 23 heteroatoms. The zero-order valence-electron chi connectivity index (χ0n) is 44.8. The Hall–Kier alpha value is -3.05. The number of carbonyl (C=O) groups is 3. The van der Waals surface area contributed by atoms with Gasteiger partial charge in [0.2, 0.25) is 11.8 Å². The summed E-state index contributed by atoms with van der Waals surface area (Å²) in [6.45, 7) is 16.6. The average molecular weight is 1070 g/mol. The van der Waals surface area contributed by atoms with Gasteiger partial charge in [-0.25, -0.2) is 0 Å². The van der Waals surface area contributed by atoms with E-state index in [1.807, 2.05) is 12.1 Å². The van der Waals surface area contributed by atoms with Gasteiger partial charge in [-0.05, 0) is 37.0 Å². The molecule has 0 radical (unpaired) electrons. The number of methoxy groups -OCH3 is 2. The maximum Gasteiger partial charge on any atom is 0.251 e. The van der Waals surface area contributed by atoms with E-state index < -0.39 is 0 Å². The molecule has 0 unspecified atom stereocenters. The van der Waals surface area contributed by atoms with Crippen LogP contribution in [-0.4, -0.2) is 256 Å². The Morgan fingerprint density at radius 2 is 0.622 bits per heavy atom. The number of rotatable bonds is 60. The molecule has 0 saturated carbocycles. The van der Waals surface area contributed by atoms with E-state index in [-0.39, 0.29) is 24.1 Å². The lowest BCUT2D eigenvalue weighted by molar-refractivity contribution is -0.122. The highest BCUT2D eigenvalue weighted by Crippen LogP contribution is 2.05. The number of benzene rings is 1. The van der Waals surface area contributed by atoms with Crippen LogP contribution in [0.2, 0.25) is 0 Å². The van der Waals surface area contributed by atoms with Gasteiger partial charge >= 0.3 is 0 Å². The van der Waals surface area contributed by atoms with Gasteiger partial charge in [0.1, 0.15) is 0 Å². The quantitative estimate of drug-likeness (QED) is 0.0786. The summed E-state index contributed by atoms with van der Waals surface area (Å²) >= 11 is 0. The van der Waals surface area contributed by atoms with E-state index in [2.05, 4.69) is 16.0 Å². The van der Waals surface area contributed by atoms with Crippen molar-refractivity contribution in [1.29, 1.82) is 0 Å². The fourth-order valence-corrected chi connectivity index (χ4v) is 5.84. The Morgan fingerprint density at radius 1 is 0.311 bits per heavy atom. The molecule has 432 valence electrons. The molecule has 1 rings (SSSR count). The average Bonchev–Trinajstić information content (AvgIpc) is 3.40. The minimum Gasteiger partial charge on any atom is -0.385 e. The monoisotopic (exact) mass is 1070 g/mol. The third-order valence-corrected chi connectivity index (χ3v) is 9.70. The summed E-state index contributed by atoms with van der Waals surface area (Å²) in [5.41, 5.74) is 1.64. The summed E-state index contributed by atoms with van der Waals surface area (Å²) in [5, 5.41) is 8.55. The summed E-state index contributed by atoms with van der Waals surface area (Å²) < 4.78 is 92.5. The van der Waals surface area contributed by atoms with Gasteiger partial charge in [-0.2, -0.15) is 0 Å². The predicted molar refractivity (Wildman–Crippen MR) is 273 cm³/mol. The molecule has 0 atom stereocenters. The first kappa shape index (κ1) is 69.0. The van der Waals surface area contributed by atoms with Crippen molar-refractivity contribution in [2.75, 3.05) is 239 Å². The predicted octanol–water partition coefficient (Wildman–Crippen LogP) is 1.64. The lowest BCUT2D eigenvalue weighted by Crippen LogP contribution is -2.27. The summed E-state index contributed by atoms with van der Waals surface area (Å²) in [6.07, 6.45) is 2.86. The van der Waals surface area contributed by atoms with Crippen molar-refractivity contribution in [2.24, 2.45) is 0 Å². The fourth-order valence-electron chi connectivity index (χ4n) is 5.84. The molecule has 3 N–H and O–H groups in total. The van der Waals surface area contributed by atoms with Crippen LogP contribution < -0.4 is 16.0 Å². The Bertz CT molecular complexity index is 1360. The zero-order valence-corrected chi connectivity index (χ0v) is 44.8. The molecule has 0 aliphatic rings. The number of hydrogen-bond donors (Lipinski definition) is 3. The number of carbonyl (C=O) groups excluding carboxylic acids is 3. The third-order valence-electron chi connectivity index (χ3n) is 9.70. The summed E-state index contributed by atoms with van der Waals surface area (Å²) in [5.74, 6) is -0.172. The van der Waals surface area contributed by atoms with Crippen molar-refractivity contribution in [3.63, 3.8) is 0 Å². The Morgan fingerprint density at radius 3 is 0.986 bits per heavy atom. The molecule has 0 spiro atoms. The van der Waals surface area contributed by atoms with Crippen molar-refractivity contribution in [3.05, 3.63) is 35.4 Å². The van der Waals surface area contributed by atoms with Gasteiger partial charge in [0, 0.05) is 72.1 Å². The van der Waals surface area contributed by atoms with Crippen molar-refractivity contribution in [3.8, 4) is 0 Å². The van der Waals surface area contributed by atoms with E-state index in [9.17, 15) is 14.4 Å². The van der Waals surface area contributed by atoms with Crippen LogP contribution in [0, 0.1) is 0 Å². The maximum atomic E-state index is 12.2. The van der Waals surface area contributed by atoms with E-state index in [1.54, 1.807) is 26.4 Å². The lowest BCUT2D eigenvalue weighted by atomic mass is 10.1. The Labute approximate surface area is 440 Å². The molecule has 23 nitrogen and oxygen atoms in total. The SMILES string of the molecule is COCCCC(=O)NCCOCCOCCOCCOCCOCCOCCOCCOCCOCCOCCOCCOCCC(=O)NCCCOCCOCCOCCCNC(=O)c1ccc(COC)cc1. The summed E-state index contributed by atoms with van der Waals surface area (Å²) in [6, 6.07) is 7.35. The van der Waals surface area contributed by atoms with Gasteiger partial charge in [0.15, 0.2) is 0 Å². The van der Waals surface area contributed by atoms with Crippen molar-refractivity contribution in [2.45, 2.75) is 38.7 Å². The second-order valence-corrected chi connectivity index (χ2v) is 15.8. The highest BCUT2D eigenvalue weighted by atomic mass is 16.6. The van der Waals surface area contributed by atoms with Crippen LogP contribution in [-0.2, 0) is 96.7 Å². The number of nitrogens with one attached hydrogen (secondary N) is 3. The van der Waals surface area contributed by atoms with Gasteiger partial charge in [-0.15, -0.1) is 0 Å². The van der Waals surface area contributed by atoms with Gasteiger partial charge in [0.25, 0.3) is 5.91 Å². The van der Waals surface area contributed by atoms with Crippen LogP contribution >= 0.6 is 0 Å². The maximum absolute atomic E-state index is 12.2. The molecule has 0 aliphatic carbocycles. The molecule has 0 fully saturated rings. The Kier molecular flexibility index (Phi) is 53.7. The van der Waals surface area contributed by atoms with Gasteiger partial charge < -0.3 is 96.5 Å². The first-order chi connectivity index (χ1) is 36.6. The molecule has 1 aromatic rings. The molecule has 0 heterocycles.